The molecule has 2 heterocycles. The van der Waals surface area contributed by atoms with Crippen molar-refractivity contribution in [2.24, 2.45) is 5.92 Å². The molecule has 2 aromatic rings. The average molecular weight is 231 g/mol. The third-order valence-electron chi connectivity index (χ3n) is 3.17. The average Bonchev–Trinajstić information content (AvgIpc) is 3.01. The maximum Gasteiger partial charge on any atom is 0.254 e. The summed E-state index contributed by atoms with van der Waals surface area (Å²) in [5, 5.41) is 7.58. The van der Waals surface area contributed by atoms with Crippen LogP contribution in [0, 0.1) is 12.8 Å². The van der Waals surface area contributed by atoms with Crippen LogP contribution in [-0.4, -0.2) is 26.1 Å². The summed E-state index contributed by atoms with van der Waals surface area (Å²) < 4.78 is 1.75. The van der Waals surface area contributed by atoms with Crippen LogP contribution in [0.1, 0.15) is 31.4 Å². The summed E-state index contributed by atoms with van der Waals surface area (Å²) in [5.41, 5.74) is 0.968. The quantitative estimate of drug-likeness (QED) is 0.800. The molecule has 0 amide bonds. The Labute approximate surface area is 100 Å². The van der Waals surface area contributed by atoms with Gasteiger partial charge in [-0.05, 0) is 25.7 Å². The van der Waals surface area contributed by atoms with Crippen LogP contribution in [0.2, 0.25) is 0 Å². The number of aromatic nitrogens is 4. The second-order valence-corrected chi connectivity index (χ2v) is 4.77. The Morgan fingerprint density at radius 2 is 2.35 bits per heavy atom. The van der Waals surface area contributed by atoms with Crippen LogP contribution in [0.4, 0.5) is 5.82 Å². The third kappa shape index (κ3) is 2.38. The van der Waals surface area contributed by atoms with E-state index < -0.39 is 0 Å². The molecule has 90 valence electrons. The van der Waals surface area contributed by atoms with E-state index in [0.29, 0.717) is 5.78 Å². The molecule has 3 rings (SSSR count). The van der Waals surface area contributed by atoms with Gasteiger partial charge in [0.15, 0.2) is 0 Å². The van der Waals surface area contributed by atoms with Crippen molar-refractivity contribution < 1.29 is 0 Å². The van der Waals surface area contributed by atoms with Gasteiger partial charge in [-0.3, -0.25) is 0 Å². The van der Waals surface area contributed by atoms with Crippen LogP contribution in [0.5, 0.6) is 0 Å². The van der Waals surface area contributed by atoms with Crippen LogP contribution >= 0.6 is 0 Å². The number of nitrogens with zero attached hydrogens (tertiary/aromatic N) is 4. The lowest BCUT2D eigenvalue weighted by atomic mass is 10.2. The zero-order valence-corrected chi connectivity index (χ0v) is 10.1. The van der Waals surface area contributed by atoms with Gasteiger partial charge in [-0.1, -0.05) is 12.8 Å². The Bertz CT molecular complexity index is 515. The molecule has 1 saturated carbocycles. The number of anilines is 1. The van der Waals surface area contributed by atoms with Crippen molar-refractivity contribution in [2.75, 3.05) is 11.9 Å². The predicted octanol–water partition coefficient (Wildman–Crippen LogP) is 2.03. The van der Waals surface area contributed by atoms with Crippen molar-refractivity contribution >= 4 is 11.6 Å². The second kappa shape index (κ2) is 4.31. The largest absolute Gasteiger partial charge is 0.370 e. The Morgan fingerprint density at radius 3 is 3.18 bits per heavy atom. The van der Waals surface area contributed by atoms with Crippen LogP contribution in [0.15, 0.2) is 12.4 Å². The fourth-order valence-corrected chi connectivity index (χ4v) is 2.07. The maximum atomic E-state index is 4.31. The van der Waals surface area contributed by atoms with Crippen molar-refractivity contribution in [2.45, 2.75) is 32.6 Å². The first kappa shape index (κ1) is 10.5. The number of fused-ring (bicyclic) bond motifs is 1. The van der Waals surface area contributed by atoms with E-state index in [0.717, 1.165) is 24.0 Å². The number of hydrogen-bond donors (Lipinski definition) is 1. The standard InChI is InChI=1S/C12H17N5/c1-9-7-11(13-6-2-3-10-4-5-10)17-12(16-9)14-8-15-17/h7-8,10,13H,2-6H2,1H3. The summed E-state index contributed by atoms with van der Waals surface area (Å²) >= 11 is 0. The summed E-state index contributed by atoms with van der Waals surface area (Å²) in [4.78, 5) is 8.42. The molecule has 0 aromatic carbocycles. The van der Waals surface area contributed by atoms with Crippen molar-refractivity contribution in [1.82, 2.24) is 19.6 Å². The lowest BCUT2D eigenvalue weighted by Crippen LogP contribution is -2.08. The van der Waals surface area contributed by atoms with Gasteiger partial charge in [0.1, 0.15) is 12.1 Å². The fourth-order valence-electron chi connectivity index (χ4n) is 2.07. The van der Waals surface area contributed by atoms with Gasteiger partial charge in [-0.25, -0.2) is 4.98 Å². The molecule has 1 aliphatic rings. The summed E-state index contributed by atoms with van der Waals surface area (Å²) in [7, 11) is 0. The molecule has 17 heavy (non-hydrogen) atoms. The summed E-state index contributed by atoms with van der Waals surface area (Å²) in [6.07, 6.45) is 6.97. The minimum Gasteiger partial charge on any atom is -0.370 e. The van der Waals surface area contributed by atoms with Crippen LogP contribution in [-0.2, 0) is 0 Å². The molecule has 0 spiro atoms. The molecule has 0 atom stereocenters. The highest BCUT2D eigenvalue weighted by atomic mass is 15.3. The zero-order chi connectivity index (χ0) is 11.7. The molecule has 0 radical (unpaired) electrons. The molecular weight excluding hydrogens is 214 g/mol. The Hall–Kier alpha value is -1.65. The fraction of sp³-hybridized carbons (Fsp3) is 0.583. The van der Waals surface area contributed by atoms with Crippen LogP contribution in [0.25, 0.3) is 5.78 Å². The van der Waals surface area contributed by atoms with Crippen molar-refractivity contribution in [3.63, 3.8) is 0 Å². The van der Waals surface area contributed by atoms with E-state index in [4.69, 9.17) is 0 Å². The molecule has 1 N–H and O–H groups in total. The van der Waals surface area contributed by atoms with Gasteiger partial charge in [0.25, 0.3) is 5.78 Å². The molecule has 0 bridgehead atoms. The number of rotatable bonds is 5. The molecule has 5 heteroatoms. The summed E-state index contributed by atoms with van der Waals surface area (Å²) in [6.45, 7) is 2.97. The minimum absolute atomic E-state index is 0.662. The van der Waals surface area contributed by atoms with Gasteiger partial charge in [0, 0.05) is 18.3 Å². The van der Waals surface area contributed by atoms with Crippen LogP contribution in [0.3, 0.4) is 0 Å². The number of aryl methyl sites for hydroxylation is 1. The highest BCUT2D eigenvalue weighted by molar-refractivity contribution is 5.44. The smallest absolute Gasteiger partial charge is 0.254 e. The van der Waals surface area contributed by atoms with Crippen molar-refractivity contribution in [3.05, 3.63) is 18.1 Å². The molecule has 0 saturated heterocycles. The van der Waals surface area contributed by atoms with E-state index in [2.05, 4.69) is 20.4 Å². The number of hydrogen-bond acceptors (Lipinski definition) is 4. The zero-order valence-electron chi connectivity index (χ0n) is 10.1. The van der Waals surface area contributed by atoms with Crippen LogP contribution < -0.4 is 5.32 Å². The van der Waals surface area contributed by atoms with Gasteiger partial charge in [-0.2, -0.15) is 14.6 Å². The molecule has 0 unspecified atom stereocenters. The minimum atomic E-state index is 0.662. The first-order chi connectivity index (χ1) is 8.33. The highest BCUT2D eigenvalue weighted by Crippen LogP contribution is 2.33. The number of nitrogens with one attached hydrogen (secondary N) is 1. The van der Waals surface area contributed by atoms with E-state index >= 15 is 0 Å². The lowest BCUT2D eigenvalue weighted by Gasteiger charge is -2.08. The normalized spacial score (nSPS) is 15.4. The lowest BCUT2D eigenvalue weighted by molar-refractivity contribution is 0.685. The van der Waals surface area contributed by atoms with Gasteiger partial charge < -0.3 is 5.32 Å². The molecule has 5 nitrogen and oxygen atoms in total. The Balaban J connectivity index is 1.67. The Kier molecular flexibility index (Phi) is 2.66. The summed E-state index contributed by atoms with van der Waals surface area (Å²) in [5.74, 6) is 2.65. The van der Waals surface area contributed by atoms with E-state index in [1.165, 1.54) is 32.0 Å². The molecule has 1 aliphatic carbocycles. The first-order valence-electron chi connectivity index (χ1n) is 6.24. The summed E-state index contributed by atoms with van der Waals surface area (Å²) in [6, 6.07) is 2.01. The van der Waals surface area contributed by atoms with Gasteiger partial charge in [0.2, 0.25) is 0 Å². The topological polar surface area (TPSA) is 55.1 Å². The van der Waals surface area contributed by atoms with E-state index in [1.54, 1.807) is 4.52 Å². The van der Waals surface area contributed by atoms with Crippen molar-refractivity contribution in [3.8, 4) is 0 Å². The van der Waals surface area contributed by atoms with Gasteiger partial charge >= 0.3 is 0 Å². The second-order valence-electron chi connectivity index (χ2n) is 4.77. The molecule has 1 fully saturated rings. The molecule has 2 aromatic heterocycles. The van der Waals surface area contributed by atoms with Gasteiger partial charge in [-0.15, -0.1) is 0 Å². The van der Waals surface area contributed by atoms with E-state index in [9.17, 15) is 0 Å². The van der Waals surface area contributed by atoms with E-state index in [1.807, 2.05) is 13.0 Å². The first-order valence-corrected chi connectivity index (χ1v) is 6.24. The van der Waals surface area contributed by atoms with Crippen molar-refractivity contribution in [1.29, 1.82) is 0 Å². The van der Waals surface area contributed by atoms with E-state index in [-0.39, 0.29) is 0 Å². The Morgan fingerprint density at radius 1 is 1.47 bits per heavy atom. The SMILES string of the molecule is Cc1cc(NCCCC2CC2)n2ncnc2n1. The third-order valence-corrected chi connectivity index (χ3v) is 3.17. The predicted molar refractivity (Wildman–Crippen MR) is 66.0 cm³/mol. The molecular formula is C12H17N5. The highest BCUT2D eigenvalue weighted by Gasteiger charge is 2.19. The maximum absolute atomic E-state index is 4.31. The van der Waals surface area contributed by atoms with Gasteiger partial charge in [0.05, 0.1) is 0 Å². The molecule has 0 aliphatic heterocycles. The monoisotopic (exact) mass is 231 g/mol.